The van der Waals surface area contributed by atoms with Crippen LogP contribution in [0.2, 0.25) is 0 Å². The highest BCUT2D eigenvalue weighted by molar-refractivity contribution is 6.05. The van der Waals surface area contributed by atoms with E-state index in [1.165, 1.54) is 11.1 Å². The van der Waals surface area contributed by atoms with E-state index in [9.17, 15) is 9.59 Å². The molecule has 0 spiro atoms. The highest BCUT2D eigenvalue weighted by Gasteiger charge is 2.52. The highest BCUT2D eigenvalue weighted by atomic mass is 16.2. The zero-order valence-electron chi connectivity index (χ0n) is 17.6. The number of carbonyl (C=O) groups is 2. The molecule has 4 atom stereocenters. The Morgan fingerprint density at radius 1 is 1.16 bits per heavy atom. The van der Waals surface area contributed by atoms with E-state index < -0.39 is 5.92 Å². The van der Waals surface area contributed by atoms with Crippen molar-refractivity contribution < 1.29 is 9.59 Å². The van der Waals surface area contributed by atoms with Crippen LogP contribution in [0.15, 0.2) is 23.3 Å². The molecule has 0 N–H and O–H groups in total. The molecule has 0 radical (unpaired) electrons. The first kappa shape index (κ1) is 21.9. The summed E-state index contributed by atoms with van der Waals surface area (Å²) in [7, 11) is 0. The zero-order chi connectivity index (χ0) is 19.4. The van der Waals surface area contributed by atoms with Crippen LogP contribution in [0.3, 0.4) is 0 Å². The number of hydrogen-bond donors (Lipinski definition) is 0. The molecule has 0 bridgehead atoms. The second-order valence-electron chi connectivity index (χ2n) is 9.07. The smallest absolute Gasteiger partial charge is 0.146 e. The lowest BCUT2D eigenvalue weighted by Gasteiger charge is -2.48. The zero-order valence-corrected chi connectivity index (χ0v) is 17.6. The van der Waals surface area contributed by atoms with Gasteiger partial charge in [0.25, 0.3) is 0 Å². The SMILES string of the molecule is CC(C)=CCC[C@]1(C)[C@@H](CC=C(C)C)C[C@@H](C)C(=O)[C@H]1C(=O)C(C)C. The molecule has 1 aliphatic carbocycles. The maximum absolute atomic E-state index is 13.0. The quantitative estimate of drug-likeness (QED) is 0.408. The van der Waals surface area contributed by atoms with Crippen LogP contribution in [0.1, 0.15) is 81.1 Å². The van der Waals surface area contributed by atoms with Gasteiger partial charge in [0.2, 0.25) is 0 Å². The summed E-state index contributed by atoms with van der Waals surface area (Å²) in [5.74, 6) is 0.141. The minimum atomic E-state index is -0.447. The van der Waals surface area contributed by atoms with E-state index in [4.69, 9.17) is 0 Å². The Morgan fingerprint density at radius 2 is 1.72 bits per heavy atom. The van der Waals surface area contributed by atoms with Gasteiger partial charge in [-0.15, -0.1) is 0 Å². The summed E-state index contributed by atoms with van der Waals surface area (Å²) >= 11 is 0. The van der Waals surface area contributed by atoms with Crippen molar-refractivity contribution in [1.82, 2.24) is 0 Å². The first-order valence-corrected chi connectivity index (χ1v) is 9.84. The average Bonchev–Trinajstić information content (AvgIpc) is 2.49. The Kier molecular flexibility index (Phi) is 7.84. The molecule has 1 aliphatic rings. The fourth-order valence-electron chi connectivity index (χ4n) is 4.22. The molecule has 2 nitrogen and oxygen atoms in total. The molecule has 0 aromatic heterocycles. The van der Waals surface area contributed by atoms with E-state index in [2.05, 4.69) is 46.8 Å². The molecule has 1 saturated carbocycles. The summed E-state index contributed by atoms with van der Waals surface area (Å²) in [4.78, 5) is 26.0. The molecule has 25 heavy (non-hydrogen) atoms. The van der Waals surface area contributed by atoms with Gasteiger partial charge in [-0.05, 0) is 64.7 Å². The fourth-order valence-corrected chi connectivity index (χ4v) is 4.22. The molecule has 0 amide bonds. The Morgan fingerprint density at radius 3 is 2.20 bits per heavy atom. The van der Waals surface area contributed by atoms with Gasteiger partial charge in [0.1, 0.15) is 11.6 Å². The Bertz CT molecular complexity index is 536. The molecule has 0 aromatic carbocycles. The molecule has 0 unspecified atom stereocenters. The molecule has 142 valence electrons. The Labute approximate surface area is 155 Å². The van der Waals surface area contributed by atoms with Crippen LogP contribution in [0.5, 0.6) is 0 Å². The van der Waals surface area contributed by atoms with Crippen molar-refractivity contribution in [2.24, 2.45) is 29.1 Å². The van der Waals surface area contributed by atoms with Crippen LogP contribution in [0.25, 0.3) is 0 Å². The highest BCUT2D eigenvalue weighted by Crippen LogP contribution is 2.51. The molecule has 0 saturated heterocycles. The van der Waals surface area contributed by atoms with Gasteiger partial charge in [0.15, 0.2) is 0 Å². The van der Waals surface area contributed by atoms with E-state index in [0.717, 1.165) is 25.7 Å². The lowest BCUT2D eigenvalue weighted by molar-refractivity contribution is -0.150. The van der Waals surface area contributed by atoms with Crippen LogP contribution in [-0.2, 0) is 9.59 Å². The van der Waals surface area contributed by atoms with Crippen LogP contribution < -0.4 is 0 Å². The van der Waals surface area contributed by atoms with Crippen LogP contribution in [0.4, 0.5) is 0 Å². The first-order chi connectivity index (χ1) is 11.5. The summed E-state index contributed by atoms with van der Waals surface area (Å²) in [6.07, 6.45) is 8.23. The minimum absolute atomic E-state index is 0.0141. The van der Waals surface area contributed by atoms with Crippen molar-refractivity contribution in [3.05, 3.63) is 23.3 Å². The van der Waals surface area contributed by atoms with E-state index >= 15 is 0 Å². The normalized spacial score (nSPS) is 29.5. The van der Waals surface area contributed by atoms with Crippen molar-refractivity contribution in [3.8, 4) is 0 Å². The Balaban J connectivity index is 3.28. The monoisotopic (exact) mass is 346 g/mol. The Hall–Kier alpha value is -1.18. The molecular weight excluding hydrogens is 308 g/mol. The minimum Gasteiger partial charge on any atom is -0.299 e. The van der Waals surface area contributed by atoms with Crippen molar-refractivity contribution in [1.29, 1.82) is 0 Å². The lowest BCUT2D eigenvalue weighted by Crippen LogP contribution is -2.51. The summed E-state index contributed by atoms with van der Waals surface area (Å²) in [6, 6.07) is 0. The van der Waals surface area contributed by atoms with Crippen molar-refractivity contribution in [2.45, 2.75) is 81.1 Å². The fraction of sp³-hybridized carbons (Fsp3) is 0.739. The number of ketones is 2. The molecule has 1 rings (SSSR count). The van der Waals surface area contributed by atoms with E-state index in [1.54, 1.807) is 0 Å². The van der Waals surface area contributed by atoms with Gasteiger partial charge in [0, 0.05) is 11.8 Å². The lowest BCUT2D eigenvalue weighted by atomic mass is 9.53. The third-order valence-corrected chi connectivity index (χ3v) is 5.90. The molecule has 1 fully saturated rings. The van der Waals surface area contributed by atoms with Crippen LogP contribution in [-0.4, -0.2) is 11.6 Å². The first-order valence-electron chi connectivity index (χ1n) is 9.84. The maximum atomic E-state index is 13.0. The third kappa shape index (κ3) is 5.39. The molecule has 0 aliphatic heterocycles. The van der Waals surface area contributed by atoms with E-state index in [0.29, 0.717) is 5.92 Å². The predicted octanol–water partition coefficient (Wildman–Crippen LogP) is 6.16. The van der Waals surface area contributed by atoms with Crippen molar-refractivity contribution in [3.63, 3.8) is 0 Å². The van der Waals surface area contributed by atoms with Gasteiger partial charge < -0.3 is 0 Å². The van der Waals surface area contributed by atoms with Crippen LogP contribution >= 0.6 is 0 Å². The molecule has 2 heteroatoms. The standard InChI is InChI=1S/C23H38O2/c1-15(2)10-9-13-23(8)19(12-11-16(3)4)14-18(7)22(25)20(23)21(24)17(5)6/h10-11,17-20H,9,12-14H2,1-8H3/t18-,19+,20-,23-/m1/s1. The van der Waals surface area contributed by atoms with E-state index in [-0.39, 0.29) is 28.8 Å². The average molecular weight is 347 g/mol. The summed E-state index contributed by atoms with van der Waals surface area (Å²) in [6.45, 7) is 16.5. The molecule has 0 aromatic rings. The summed E-state index contributed by atoms with van der Waals surface area (Å²) < 4.78 is 0. The topological polar surface area (TPSA) is 34.1 Å². The van der Waals surface area contributed by atoms with Crippen molar-refractivity contribution in [2.75, 3.05) is 0 Å². The van der Waals surface area contributed by atoms with Gasteiger partial charge in [-0.3, -0.25) is 9.59 Å². The number of Topliss-reactive ketones (excluding diaryl/α,β-unsaturated/α-hetero) is 2. The largest absolute Gasteiger partial charge is 0.299 e. The second kappa shape index (κ2) is 8.96. The summed E-state index contributed by atoms with van der Waals surface area (Å²) in [5.41, 5.74) is 2.36. The predicted molar refractivity (Wildman–Crippen MR) is 106 cm³/mol. The van der Waals surface area contributed by atoms with Gasteiger partial charge >= 0.3 is 0 Å². The number of hydrogen-bond acceptors (Lipinski definition) is 2. The maximum Gasteiger partial charge on any atom is 0.146 e. The van der Waals surface area contributed by atoms with Gasteiger partial charge in [-0.25, -0.2) is 0 Å². The third-order valence-electron chi connectivity index (χ3n) is 5.90. The number of rotatable bonds is 7. The van der Waals surface area contributed by atoms with Gasteiger partial charge in [-0.2, -0.15) is 0 Å². The van der Waals surface area contributed by atoms with Crippen molar-refractivity contribution >= 4 is 11.6 Å². The number of carbonyl (C=O) groups excluding carboxylic acids is 2. The molecule has 0 heterocycles. The van der Waals surface area contributed by atoms with Crippen LogP contribution in [0, 0.1) is 29.1 Å². The summed E-state index contributed by atoms with van der Waals surface area (Å²) in [5, 5.41) is 0. The number of allylic oxidation sites excluding steroid dienone is 4. The van der Waals surface area contributed by atoms with E-state index in [1.807, 2.05) is 20.8 Å². The second-order valence-corrected chi connectivity index (χ2v) is 9.07. The molecular formula is C23H38O2. The van der Waals surface area contributed by atoms with Gasteiger partial charge in [-0.1, -0.05) is 51.0 Å². The van der Waals surface area contributed by atoms with Gasteiger partial charge in [0.05, 0.1) is 5.92 Å².